The van der Waals surface area contributed by atoms with Crippen molar-refractivity contribution in [2.45, 2.75) is 58.9 Å². The van der Waals surface area contributed by atoms with Crippen molar-refractivity contribution in [1.29, 1.82) is 0 Å². The van der Waals surface area contributed by atoms with E-state index < -0.39 is 11.9 Å². The number of carbonyl (C=O) groups is 2. The van der Waals surface area contributed by atoms with Gasteiger partial charge in [-0.25, -0.2) is 9.59 Å². The van der Waals surface area contributed by atoms with Gasteiger partial charge in [-0.05, 0) is 44.4 Å². The summed E-state index contributed by atoms with van der Waals surface area (Å²) in [4.78, 5) is 20.8. The van der Waals surface area contributed by atoms with Gasteiger partial charge >= 0.3 is 11.9 Å². The highest BCUT2D eigenvalue weighted by atomic mass is 16.4. The molecule has 2 aliphatic carbocycles. The maximum absolute atomic E-state index is 10.4. The molecule has 120 valence electrons. The van der Waals surface area contributed by atoms with Gasteiger partial charge in [0.1, 0.15) is 0 Å². The van der Waals surface area contributed by atoms with Crippen LogP contribution in [0, 0.1) is 5.92 Å². The molecule has 2 atom stereocenters. The number of aliphatic carboxylic acids is 2. The lowest BCUT2D eigenvalue weighted by atomic mass is 9.92. The first-order valence-electron chi connectivity index (χ1n) is 7.03. The predicted octanol–water partition coefficient (Wildman–Crippen LogP) is 2.96. The molecule has 0 aromatic rings. The van der Waals surface area contributed by atoms with Crippen LogP contribution in [0.3, 0.4) is 0 Å². The lowest BCUT2D eigenvalue weighted by Crippen LogP contribution is -2.22. The van der Waals surface area contributed by atoms with E-state index in [2.05, 4.69) is 6.92 Å². The fourth-order valence-corrected chi connectivity index (χ4v) is 2.43. The van der Waals surface area contributed by atoms with E-state index in [9.17, 15) is 9.59 Å². The maximum Gasteiger partial charge on any atom is 0.331 e. The molecule has 2 rings (SSSR count). The molecule has 0 aromatic heterocycles. The minimum Gasteiger partial charge on any atom is -0.478 e. The van der Waals surface area contributed by atoms with Crippen LogP contribution < -0.4 is 5.73 Å². The van der Waals surface area contributed by atoms with Gasteiger partial charge in [0.2, 0.25) is 0 Å². The van der Waals surface area contributed by atoms with E-state index in [0.717, 1.165) is 32.1 Å². The van der Waals surface area contributed by atoms with E-state index in [0.29, 0.717) is 23.5 Å². The van der Waals surface area contributed by atoms with Crippen molar-refractivity contribution >= 4 is 11.9 Å². The second kappa shape index (κ2) is 9.34. The van der Waals surface area contributed by atoms with Crippen molar-refractivity contribution < 1.29 is 19.8 Å². The van der Waals surface area contributed by atoms with Crippen LogP contribution in [0.1, 0.15) is 52.9 Å². The fraction of sp³-hybridized carbons (Fsp3) is 0.625. The average molecular weight is 297 g/mol. The molecule has 0 heterocycles. The van der Waals surface area contributed by atoms with Gasteiger partial charge in [0.25, 0.3) is 0 Å². The first-order valence-corrected chi connectivity index (χ1v) is 7.03. The van der Waals surface area contributed by atoms with Gasteiger partial charge in [-0.1, -0.05) is 26.5 Å². The molecular weight excluding hydrogens is 270 g/mol. The molecule has 5 heteroatoms. The molecule has 5 nitrogen and oxygen atoms in total. The smallest absolute Gasteiger partial charge is 0.331 e. The maximum atomic E-state index is 10.4. The van der Waals surface area contributed by atoms with Crippen LogP contribution in [0.5, 0.6) is 0 Å². The van der Waals surface area contributed by atoms with E-state index in [1.165, 1.54) is 0 Å². The number of hydrogen-bond acceptors (Lipinski definition) is 3. The first-order chi connectivity index (χ1) is 9.40. The third kappa shape index (κ3) is 7.09. The van der Waals surface area contributed by atoms with E-state index in [4.69, 9.17) is 15.9 Å². The van der Waals surface area contributed by atoms with E-state index in [-0.39, 0.29) is 13.5 Å². The van der Waals surface area contributed by atoms with Crippen molar-refractivity contribution in [3.63, 3.8) is 0 Å². The Hall–Kier alpha value is -1.62. The summed E-state index contributed by atoms with van der Waals surface area (Å²) < 4.78 is 0. The molecule has 0 spiro atoms. The van der Waals surface area contributed by atoms with Crippen LogP contribution >= 0.6 is 0 Å². The second-order valence-corrected chi connectivity index (χ2v) is 5.42. The lowest BCUT2D eigenvalue weighted by molar-refractivity contribution is -0.133. The van der Waals surface area contributed by atoms with Crippen LogP contribution in [0.2, 0.25) is 0 Å². The summed E-state index contributed by atoms with van der Waals surface area (Å²) in [5.41, 5.74) is 6.59. The molecule has 4 N–H and O–H groups in total. The topological polar surface area (TPSA) is 101 Å². The zero-order valence-electron chi connectivity index (χ0n) is 11.8. The summed E-state index contributed by atoms with van der Waals surface area (Å²) in [6.07, 6.45) is 8.91. The minimum absolute atomic E-state index is 0. The molecule has 0 aliphatic heterocycles. The molecule has 0 fully saturated rings. The van der Waals surface area contributed by atoms with Gasteiger partial charge in [0, 0.05) is 17.2 Å². The molecule has 0 saturated carbocycles. The Morgan fingerprint density at radius 3 is 1.86 bits per heavy atom. The van der Waals surface area contributed by atoms with Crippen molar-refractivity contribution in [3.05, 3.63) is 23.3 Å². The Morgan fingerprint density at radius 1 is 1.05 bits per heavy atom. The number of nitrogens with two attached hydrogens (primary N) is 1. The molecule has 0 amide bonds. The van der Waals surface area contributed by atoms with Crippen molar-refractivity contribution in [2.75, 3.05) is 0 Å². The molecule has 0 unspecified atom stereocenters. The Balaban J connectivity index is 0.000000364. The van der Waals surface area contributed by atoms with Gasteiger partial charge in [0.15, 0.2) is 0 Å². The molecule has 0 saturated heterocycles. The summed E-state index contributed by atoms with van der Waals surface area (Å²) in [5.74, 6) is -1.11. The normalized spacial score (nSPS) is 24.5. The third-order valence-corrected chi connectivity index (χ3v) is 3.54. The second-order valence-electron chi connectivity index (χ2n) is 5.42. The number of hydrogen-bond donors (Lipinski definition) is 3. The number of carboxylic acids is 2. The summed E-state index contributed by atoms with van der Waals surface area (Å²) in [7, 11) is 0. The Kier molecular flexibility index (Phi) is 8.62. The predicted molar refractivity (Wildman–Crippen MR) is 83.0 cm³/mol. The first kappa shape index (κ1) is 19.4. The van der Waals surface area contributed by atoms with Gasteiger partial charge in [0.05, 0.1) is 0 Å². The average Bonchev–Trinajstić information content (AvgIpc) is 2.39. The van der Waals surface area contributed by atoms with Crippen LogP contribution in [0.15, 0.2) is 23.3 Å². The largest absolute Gasteiger partial charge is 0.478 e. The molecular formula is C16H27NO4. The van der Waals surface area contributed by atoms with Crippen molar-refractivity contribution in [2.24, 2.45) is 11.7 Å². The van der Waals surface area contributed by atoms with E-state index in [1.807, 2.05) is 6.08 Å². The number of rotatable bonds is 2. The van der Waals surface area contributed by atoms with Crippen LogP contribution in [-0.2, 0) is 9.59 Å². The van der Waals surface area contributed by atoms with Crippen LogP contribution in [0.4, 0.5) is 0 Å². The van der Waals surface area contributed by atoms with Crippen LogP contribution in [-0.4, -0.2) is 28.2 Å². The molecule has 0 aromatic carbocycles. The molecule has 0 radical (unpaired) electrons. The Labute approximate surface area is 126 Å². The Morgan fingerprint density at radius 2 is 1.52 bits per heavy atom. The van der Waals surface area contributed by atoms with Crippen LogP contribution in [0.25, 0.3) is 0 Å². The number of carboxylic acid groups (broad SMARTS) is 2. The zero-order valence-corrected chi connectivity index (χ0v) is 11.8. The van der Waals surface area contributed by atoms with Gasteiger partial charge in [-0.15, -0.1) is 0 Å². The van der Waals surface area contributed by atoms with Gasteiger partial charge in [-0.2, -0.15) is 0 Å². The van der Waals surface area contributed by atoms with Gasteiger partial charge < -0.3 is 15.9 Å². The van der Waals surface area contributed by atoms with Crippen molar-refractivity contribution in [3.8, 4) is 0 Å². The summed E-state index contributed by atoms with van der Waals surface area (Å²) in [6, 6.07) is -0.0418. The quantitative estimate of drug-likeness (QED) is 0.727. The zero-order chi connectivity index (χ0) is 15.1. The van der Waals surface area contributed by atoms with E-state index >= 15 is 0 Å². The molecule has 0 bridgehead atoms. The van der Waals surface area contributed by atoms with E-state index in [1.54, 1.807) is 6.08 Å². The third-order valence-electron chi connectivity index (χ3n) is 3.54. The molecule has 2 aliphatic rings. The highest BCUT2D eigenvalue weighted by Gasteiger charge is 2.14. The summed E-state index contributed by atoms with van der Waals surface area (Å²) in [5, 5.41) is 17.1. The summed E-state index contributed by atoms with van der Waals surface area (Å²) in [6.45, 7) is 2.06. The highest BCUT2D eigenvalue weighted by Crippen LogP contribution is 2.22. The molecule has 21 heavy (non-hydrogen) atoms. The lowest BCUT2D eigenvalue weighted by Gasteiger charge is -2.14. The summed E-state index contributed by atoms with van der Waals surface area (Å²) >= 11 is 0. The monoisotopic (exact) mass is 297 g/mol. The minimum atomic E-state index is -0.824. The highest BCUT2D eigenvalue weighted by molar-refractivity contribution is 5.87. The van der Waals surface area contributed by atoms with Crippen molar-refractivity contribution in [1.82, 2.24) is 0 Å². The Bertz CT molecular complexity index is 386. The standard InChI is InChI=1S/C8H12O2.C7H11NO2.CH4/c1-6-3-2-4-7(5-6)8(9)10;8-6-3-1-2-5(4-6)7(9)10;/h5-6H,2-4H2,1H3,(H,9,10);4,6H,1-3,8H2,(H,9,10);1H4/t2*6-;/m10./s1. The number of allylic oxidation sites excluding steroid dienone is 1. The van der Waals surface area contributed by atoms with Gasteiger partial charge in [-0.3, -0.25) is 0 Å². The fourth-order valence-electron chi connectivity index (χ4n) is 2.43. The SMILES string of the molecule is C.C[C@H]1C=C(C(=O)O)CCC1.N[C@@H]1C=C(C(=O)O)CCC1.